The Hall–Kier alpha value is -1.55. The van der Waals surface area contributed by atoms with E-state index in [2.05, 4.69) is 35.8 Å². The lowest BCUT2D eigenvalue weighted by Gasteiger charge is -2.40. The van der Waals surface area contributed by atoms with Gasteiger partial charge >= 0.3 is 0 Å². The van der Waals surface area contributed by atoms with Gasteiger partial charge in [-0.3, -0.25) is 10.3 Å². The molecular formula is C14H22N4. The minimum absolute atomic E-state index is 0.130. The van der Waals surface area contributed by atoms with Crippen LogP contribution in [0.1, 0.15) is 19.4 Å². The van der Waals surface area contributed by atoms with Crippen molar-refractivity contribution in [3.63, 3.8) is 0 Å². The zero-order valence-corrected chi connectivity index (χ0v) is 11.2. The quantitative estimate of drug-likeness (QED) is 0.628. The van der Waals surface area contributed by atoms with Crippen LogP contribution in [0, 0.1) is 5.41 Å². The van der Waals surface area contributed by atoms with Gasteiger partial charge in [0.2, 0.25) is 0 Å². The topological polar surface area (TPSA) is 56.4 Å². The zero-order valence-electron chi connectivity index (χ0n) is 11.2. The van der Waals surface area contributed by atoms with Gasteiger partial charge in [-0.05, 0) is 37.7 Å². The lowest BCUT2D eigenvalue weighted by atomic mass is 10.1. The lowest BCUT2D eigenvalue weighted by molar-refractivity contribution is 0.199. The van der Waals surface area contributed by atoms with Crippen LogP contribution in [0.3, 0.4) is 0 Å². The van der Waals surface area contributed by atoms with Crippen LogP contribution in [-0.2, 0) is 0 Å². The Kier molecular flexibility index (Phi) is 3.87. The molecule has 2 rings (SSSR count). The number of piperazine rings is 1. The fraction of sp³-hybridized carbons (Fsp3) is 0.500. The summed E-state index contributed by atoms with van der Waals surface area (Å²) >= 11 is 0. The molecule has 4 heteroatoms. The molecule has 0 aliphatic carbocycles. The third-order valence-electron chi connectivity index (χ3n) is 3.71. The minimum atomic E-state index is 0.130. The number of amidine groups is 1. The van der Waals surface area contributed by atoms with E-state index in [0.717, 1.165) is 31.7 Å². The number of nitrogens with two attached hydrogens (primary N) is 1. The van der Waals surface area contributed by atoms with Crippen molar-refractivity contribution in [1.29, 1.82) is 5.41 Å². The van der Waals surface area contributed by atoms with Crippen LogP contribution in [0.5, 0.6) is 0 Å². The van der Waals surface area contributed by atoms with Gasteiger partial charge in [0.05, 0.1) is 0 Å². The maximum absolute atomic E-state index is 7.39. The highest BCUT2D eigenvalue weighted by molar-refractivity contribution is 5.95. The first-order valence-corrected chi connectivity index (χ1v) is 6.55. The number of benzene rings is 1. The van der Waals surface area contributed by atoms with Gasteiger partial charge in [-0.15, -0.1) is 0 Å². The molecule has 0 radical (unpaired) electrons. The van der Waals surface area contributed by atoms with Crippen molar-refractivity contribution >= 4 is 11.5 Å². The van der Waals surface area contributed by atoms with Gasteiger partial charge in [0.15, 0.2) is 0 Å². The van der Waals surface area contributed by atoms with E-state index in [4.69, 9.17) is 11.1 Å². The van der Waals surface area contributed by atoms with Gasteiger partial charge in [-0.2, -0.15) is 0 Å². The summed E-state index contributed by atoms with van der Waals surface area (Å²) in [6.07, 6.45) is 0. The predicted molar refractivity (Wildman–Crippen MR) is 76.4 cm³/mol. The summed E-state index contributed by atoms with van der Waals surface area (Å²) in [4.78, 5) is 4.90. The molecule has 1 aromatic carbocycles. The summed E-state index contributed by atoms with van der Waals surface area (Å²) in [6.45, 7) is 8.86. The number of nitrogen functional groups attached to an aromatic ring is 1. The molecular weight excluding hydrogens is 224 g/mol. The molecule has 0 spiro atoms. The Bertz CT molecular complexity index is 412. The Morgan fingerprint density at radius 2 is 2.00 bits per heavy atom. The fourth-order valence-corrected chi connectivity index (χ4v) is 2.55. The fourth-order valence-electron chi connectivity index (χ4n) is 2.55. The number of nitrogens with zero attached hydrogens (tertiary/aromatic N) is 2. The summed E-state index contributed by atoms with van der Waals surface area (Å²) in [6, 6.07) is 8.57. The van der Waals surface area contributed by atoms with E-state index in [1.165, 1.54) is 5.69 Å². The van der Waals surface area contributed by atoms with Gasteiger partial charge < -0.3 is 10.6 Å². The van der Waals surface area contributed by atoms with Crippen molar-refractivity contribution in [2.75, 3.05) is 31.1 Å². The van der Waals surface area contributed by atoms with Gasteiger partial charge in [0.1, 0.15) is 5.84 Å². The summed E-state index contributed by atoms with van der Waals surface area (Å²) < 4.78 is 0. The van der Waals surface area contributed by atoms with Gasteiger partial charge in [0.25, 0.3) is 0 Å². The van der Waals surface area contributed by atoms with Gasteiger partial charge in [-0.1, -0.05) is 6.92 Å². The molecule has 1 aromatic rings. The van der Waals surface area contributed by atoms with Crippen molar-refractivity contribution < 1.29 is 0 Å². The molecule has 1 fully saturated rings. The summed E-state index contributed by atoms with van der Waals surface area (Å²) in [5, 5.41) is 7.39. The zero-order chi connectivity index (χ0) is 13.1. The van der Waals surface area contributed by atoms with Crippen LogP contribution in [-0.4, -0.2) is 43.0 Å². The second-order valence-corrected chi connectivity index (χ2v) is 4.88. The van der Waals surface area contributed by atoms with Crippen LogP contribution in [0.25, 0.3) is 0 Å². The van der Waals surface area contributed by atoms with Crippen molar-refractivity contribution in [3.05, 3.63) is 29.8 Å². The number of rotatable bonds is 3. The highest BCUT2D eigenvalue weighted by Gasteiger charge is 2.22. The molecule has 18 heavy (non-hydrogen) atoms. The van der Waals surface area contributed by atoms with Crippen molar-refractivity contribution in [2.24, 2.45) is 5.73 Å². The Balaban J connectivity index is 2.06. The Morgan fingerprint density at radius 3 is 2.50 bits per heavy atom. The highest BCUT2D eigenvalue weighted by Crippen LogP contribution is 2.19. The van der Waals surface area contributed by atoms with E-state index in [1.807, 2.05) is 12.1 Å². The summed E-state index contributed by atoms with van der Waals surface area (Å²) in [7, 11) is 0. The maximum atomic E-state index is 7.39. The second-order valence-electron chi connectivity index (χ2n) is 4.88. The monoisotopic (exact) mass is 246 g/mol. The van der Waals surface area contributed by atoms with Crippen LogP contribution < -0.4 is 10.6 Å². The Labute approximate surface area is 109 Å². The molecule has 0 amide bonds. The molecule has 0 aromatic heterocycles. The average molecular weight is 246 g/mol. The Morgan fingerprint density at radius 1 is 1.33 bits per heavy atom. The van der Waals surface area contributed by atoms with E-state index in [9.17, 15) is 0 Å². The number of anilines is 1. The van der Waals surface area contributed by atoms with E-state index in [1.54, 1.807) is 0 Å². The molecule has 0 bridgehead atoms. The van der Waals surface area contributed by atoms with E-state index < -0.39 is 0 Å². The molecule has 1 heterocycles. The number of hydrogen-bond acceptors (Lipinski definition) is 3. The van der Waals surface area contributed by atoms with E-state index >= 15 is 0 Å². The van der Waals surface area contributed by atoms with E-state index in [-0.39, 0.29) is 5.84 Å². The SMILES string of the molecule is CCN1CCN(c2ccc(C(=N)N)cc2)CC1C. The smallest absolute Gasteiger partial charge is 0.122 e. The summed E-state index contributed by atoms with van der Waals surface area (Å²) in [5.74, 6) is 0.130. The minimum Gasteiger partial charge on any atom is -0.384 e. The molecule has 3 N–H and O–H groups in total. The third-order valence-corrected chi connectivity index (χ3v) is 3.71. The third kappa shape index (κ3) is 2.64. The molecule has 0 saturated carbocycles. The maximum Gasteiger partial charge on any atom is 0.122 e. The normalized spacial score (nSPS) is 21.0. The molecule has 1 aliphatic rings. The predicted octanol–water partition coefficient (Wildman–Crippen LogP) is 1.50. The first-order valence-electron chi connectivity index (χ1n) is 6.55. The molecule has 4 nitrogen and oxygen atoms in total. The molecule has 1 unspecified atom stereocenters. The average Bonchev–Trinajstić information content (AvgIpc) is 2.38. The van der Waals surface area contributed by atoms with Crippen LogP contribution in [0.2, 0.25) is 0 Å². The van der Waals surface area contributed by atoms with Gasteiger partial charge in [-0.25, -0.2) is 0 Å². The molecule has 1 saturated heterocycles. The number of hydrogen-bond donors (Lipinski definition) is 2. The molecule has 1 aliphatic heterocycles. The first-order chi connectivity index (χ1) is 8.61. The number of likely N-dealkylation sites (N-methyl/N-ethyl adjacent to an activating group) is 1. The van der Waals surface area contributed by atoms with E-state index in [0.29, 0.717) is 6.04 Å². The van der Waals surface area contributed by atoms with Gasteiger partial charge in [0, 0.05) is 36.9 Å². The van der Waals surface area contributed by atoms with Crippen molar-refractivity contribution in [1.82, 2.24) is 4.90 Å². The van der Waals surface area contributed by atoms with Crippen LogP contribution >= 0.6 is 0 Å². The molecule has 98 valence electrons. The first kappa shape index (κ1) is 12.9. The largest absolute Gasteiger partial charge is 0.384 e. The second kappa shape index (κ2) is 5.40. The summed E-state index contributed by atoms with van der Waals surface area (Å²) in [5.41, 5.74) is 7.48. The standard InChI is InChI=1S/C14H22N4/c1-3-17-8-9-18(10-11(17)2)13-6-4-12(5-7-13)14(15)16/h4-7,11H,3,8-10H2,1-2H3,(H3,15,16). The molecule has 1 atom stereocenters. The van der Waals surface area contributed by atoms with Crippen molar-refractivity contribution in [3.8, 4) is 0 Å². The van der Waals surface area contributed by atoms with Crippen molar-refractivity contribution in [2.45, 2.75) is 19.9 Å². The number of nitrogens with one attached hydrogen (secondary N) is 1. The highest BCUT2D eigenvalue weighted by atomic mass is 15.3. The lowest BCUT2D eigenvalue weighted by Crippen LogP contribution is -2.51. The van der Waals surface area contributed by atoms with Crippen LogP contribution in [0.4, 0.5) is 5.69 Å². The van der Waals surface area contributed by atoms with Crippen LogP contribution in [0.15, 0.2) is 24.3 Å².